The number of carbonyl (C=O) groups excluding carboxylic acids is 2. The van der Waals surface area contributed by atoms with Crippen molar-refractivity contribution in [3.05, 3.63) is 102 Å². The highest BCUT2D eigenvalue weighted by Gasteiger charge is 2.72. The fraction of sp³-hybridized carbons (Fsp3) is 0.241. The van der Waals surface area contributed by atoms with Crippen molar-refractivity contribution >= 4 is 35.0 Å². The summed E-state index contributed by atoms with van der Waals surface area (Å²) in [6.45, 7) is 6.11. The first-order chi connectivity index (χ1) is 15.4. The number of ketones is 1. The number of allylic oxidation sites excluding steroid dienone is 2. The van der Waals surface area contributed by atoms with Crippen molar-refractivity contribution in [3.63, 3.8) is 0 Å². The van der Waals surface area contributed by atoms with Crippen LogP contribution in [0.3, 0.4) is 0 Å². The van der Waals surface area contributed by atoms with Gasteiger partial charge < -0.3 is 4.79 Å². The average Bonchev–Trinajstić information content (AvgIpc) is 3.10. The standard InChI is InChI=1S/C29H26O2S/c1-19-14-16-22(17-15-19)32-26-23(18-30)28(2)24(20-10-6-4-7-11-20)25(29(26,3)27(28)31)21-12-8-5-9-13-21/h4-18,23,26H,1-3H3/t23?,26-,28-,29+/m0/s1. The molecule has 32 heavy (non-hydrogen) atoms. The van der Waals surface area contributed by atoms with Crippen LogP contribution >= 0.6 is 11.8 Å². The molecule has 3 aromatic carbocycles. The molecule has 0 heterocycles. The SMILES string of the molecule is Cc1ccc(S[C@H]2C(C=O)[C@]3(C)C(=O)[C@]2(C)C(c2ccccc2)=C3c2ccccc2)cc1. The largest absolute Gasteiger partial charge is 0.303 e. The third-order valence-corrected chi connectivity index (χ3v) is 8.91. The smallest absolute Gasteiger partial charge is 0.155 e. The van der Waals surface area contributed by atoms with Crippen LogP contribution in [0.4, 0.5) is 0 Å². The van der Waals surface area contributed by atoms with Gasteiger partial charge in [-0.25, -0.2) is 0 Å². The molecule has 4 atom stereocenters. The fourth-order valence-corrected chi connectivity index (χ4v) is 7.33. The second-order valence-corrected chi connectivity index (χ2v) is 10.4. The molecule has 3 aromatic rings. The summed E-state index contributed by atoms with van der Waals surface area (Å²) in [4.78, 5) is 27.9. The van der Waals surface area contributed by atoms with Crippen LogP contribution < -0.4 is 0 Å². The molecule has 5 rings (SSSR count). The summed E-state index contributed by atoms with van der Waals surface area (Å²) in [6.07, 6.45) is 1.03. The highest BCUT2D eigenvalue weighted by atomic mass is 32.2. The zero-order valence-corrected chi connectivity index (χ0v) is 19.4. The summed E-state index contributed by atoms with van der Waals surface area (Å²) < 4.78 is 0. The molecule has 1 saturated carbocycles. The topological polar surface area (TPSA) is 34.1 Å². The molecule has 2 nitrogen and oxygen atoms in total. The number of aldehydes is 1. The number of fused-ring (bicyclic) bond motifs is 2. The van der Waals surface area contributed by atoms with Gasteiger partial charge in [-0.15, -0.1) is 11.8 Å². The highest BCUT2D eigenvalue weighted by Crippen LogP contribution is 2.71. The molecule has 0 spiro atoms. The van der Waals surface area contributed by atoms with Crippen LogP contribution in [0.25, 0.3) is 11.1 Å². The summed E-state index contributed by atoms with van der Waals surface area (Å²) >= 11 is 1.67. The molecule has 3 heteroatoms. The zero-order valence-electron chi connectivity index (χ0n) is 18.5. The van der Waals surface area contributed by atoms with Gasteiger partial charge in [0.1, 0.15) is 6.29 Å². The van der Waals surface area contributed by atoms with E-state index < -0.39 is 16.7 Å². The minimum absolute atomic E-state index is 0.157. The predicted octanol–water partition coefficient (Wildman–Crippen LogP) is 6.49. The fourth-order valence-electron chi connectivity index (χ4n) is 5.80. The van der Waals surface area contributed by atoms with E-state index in [0.29, 0.717) is 0 Å². The van der Waals surface area contributed by atoms with Crippen molar-refractivity contribution in [2.45, 2.75) is 30.9 Å². The van der Waals surface area contributed by atoms with Crippen LogP contribution in [0.2, 0.25) is 0 Å². The van der Waals surface area contributed by atoms with Crippen molar-refractivity contribution in [1.29, 1.82) is 0 Å². The number of Topliss-reactive ketones (excluding diaryl/α,β-unsaturated/α-hetero) is 1. The van der Waals surface area contributed by atoms with Gasteiger partial charge in [-0.1, -0.05) is 78.4 Å². The molecule has 0 amide bonds. The number of carbonyl (C=O) groups is 2. The van der Waals surface area contributed by atoms with E-state index in [9.17, 15) is 9.59 Å². The summed E-state index contributed by atoms with van der Waals surface area (Å²) in [6, 6.07) is 28.7. The average molecular weight is 439 g/mol. The predicted molar refractivity (Wildman–Crippen MR) is 131 cm³/mol. The Kier molecular flexibility index (Phi) is 4.98. The Morgan fingerprint density at radius 3 is 1.75 bits per heavy atom. The number of rotatable bonds is 5. The van der Waals surface area contributed by atoms with Crippen LogP contribution in [-0.4, -0.2) is 17.3 Å². The van der Waals surface area contributed by atoms with E-state index in [1.54, 1.807) is 11.8 Å². The van der Waals surface area contributed by atoms with Crippen LogP contribution in [0.15, 0.2) is 89.8 Å². The lowest BCUT2D eigenvalue weighted by atomic mass is 9.67. The zero-order chi connectivity index (χ0) is 22.5. The van der Waals surface area contributed by atoms with E-state index in [-0.39, 0.29) is 11.0 Å². The number of hydrogen-bond acceptors (Lipinski definition) is 3. The lowest BCUT2D eigenvalue weighted by Gasteiger charge is -2.39. The minimum atomic E-state index is -0.856. The molecule has 2 aliphatic rings. The summed E-state index contributed by atoms with van der Waals surface area (Å²) in [5.74, 6) is -0.238. The molecule has 0 radical (unpaired) electrons. The van der Waals surface area contributed by atoms with Crippen molar-refractivity contribution in [1.82, 2.24) is 0 Å². The Bertz CT molecular complexity index is 1210. The lowest BCUT2D eigenvalue weighted by Crippen LogP contribution is -2.37. The van der Waals surface area contributed by atoms with Gasteiger partial charge in [0.25, 0.3) is 0 Å². The normalized spacial score (nSPS) is 28.9. The Hall–Kier alpha value is -2.91. The summed E-state index contributed by atoms with van der Waals surface area (Å²) in [5, 5.41) is -0.164. The molecule has 1 fully saturated rings. The van der Waals surface area contributed by atoms with Crippen LogP contribution in [0.5, 0.6) is 0 Å². The van der Waals surface area contributed by atoms with Crippen molar-refractivity contribution in [2.75, 3.05) is 0 Å². The molecule has 0 saturated heterocycles. The first-order valence-corrected chi connectivity index (χ1v) is 11.9. The van der Waals surface area contributed by atoms with E-state index in [1.807, 2.05) is 43.3 Å². The van der Waals surface area contributed by atoms with Gasteiger partial charge in [0, 0.05) is 16.1 Å². The molecular weight excluding hydrogens is 412 g/mol. The van der Waals surface area contributed by atoms with Crippen LogP contribution in [-0.2, 0) is 9.59 Å². The molecule has 2 aliphatic carbocycles. The molecule has 2 bridgehead atoms. The Morgan fingerprint density at radius 2 is 1.25 bits per heavy atom. The maximum absolute atomic E-state index is 14.2. The van der Waals surface area contributed by atoms with E-state index in [1.165, 1.54) is 5.56 Å². The van der Waals surface area contributed by atoms with Gasteiger partial charge in [-0.2, -0.15) is 0 Å². The maximum Gasteiger partial charge on any atom is 0.155 e. The molecular formula is C29H26O2S. The molecule has 1 unspecified atom stereocenters. The Balaban J connectivity index is 1.77. The quantitative estimate of drug-likeness (QED) is 0.427. The van der Waals surface area contributed by atoms with Crippen molar-refractivity contribution < 1.29 is 9.59 Å². The first kappa shape index (κ1) is 21.0. The lowest BCUT2D eigenvalue weighted by molar-refractivity contribution is -0.128. The molecule has 0 aromatic heterocycles. The number of thioether (sulfide) groups is 1. The third-order valence-electron chi connectivity index (χ3n) is 7.35. The monoisotopic (exact) mass is 438 g/mol. The second kappa shape index (κ2) is 7.60. The minimum Gasteiger partial charge on any atom is -0.303 e. The van der Waals surface area contributed by atoms with Gasteiger partial charge >= 0.3 is 0 Å². The van der Waals surface area contributed by atoms with Gasteiger partial charge in [0.15, 0.2) is 5.78 Å². The van der Waals surface area contributed by atoms with Gasteiger partial charge in [0.2, 0.25) is 0 Å². The third kappa shape index (κ3) is 2.80. The Morgan fingerprint density at radius 1 is 0.750 bits per heavy atom. The van der Waals surface area contributed by atoms with Crippen molar-refractivity contribution in [2.24, 2.45) is 16.7 Å². The number of hydrogen-bond donors (Lipinski definition) is 0. The van der Waals surface area contributed by atoms with Gasteiger partial charge in [0.05, 0.1) is 10.8 Å². The Labute approximate surface area is 193 Å². The van der Waals surface area contributed by atoms with E-state index in [2.05, 4.69) is 62.4 Å². The molecule has 160 valence electrons. The summed E-state index contributed by atoms with van der Waals surface area (Å²) in [7, 11) is 0. The van der Waals surface area contributed by atoms with Gasteiger partial charge in [-0.05, 0) is 55.2 Å². The van der Waals surface area contributed by atoms with Crippen LogP contribution in [0.1, 0.15) is 30.5 Å². The molecule has 0 aliphatic heterocycles. The highest BCUT2D eigenvalue weighted by molar-refractivity contribution is 8.00. The van der Waals surface area contributed by atoms with Crippen LogP contribution in [0, 0.1) is 23.7 Å². The van der Waals surface area contributed by atoms with E-state index in [4.69, 9.17) is 0 Å². The number of aryl methyl sites for hydroxylation is 1. The summed E-state index contributed by atoms with van der Waals surface area (Å²) in [5.41, 5.74) is 3.74. The number of benzene rings is 3. The van der Waals surface area contributed by atoms with Gasteiger partial charge in [-0.3, -0.25) is 4.79 Å². The second-order valence-electron chi connectivity index (χ2n) is 9.23. The first-order valence-electron chi connectivity index (χ1n) is 11.0. The maximum atomic E-state index is 14.2. The van der Waals surface area contributed by atoms with E-state index >= 15 is 0 Å². The molecule has 0 N–H and O–H groups in total. The van der Waals surface area contributed by atoms with E-state index in [0.717, 1.165) is 33.5 Å². The van der Waals surface area contributed by atoms with Crippen molar-refractivity contribution in [3.8, 4) is 0 Å².